The predicted octanol–water partition coefficient (Wildman–Crippen LogP) is 6.14. The maximum atomic E-state index is 9.77. The quantitative estimate of drug-likeness (QED) is 0.194. The lowest BCUT2D eigenvalue weighted by Gasteiger charge is -2.13. The fourth-order valence-corrected chi connectivity index (χ4v) is 4.11. The van der Waals surface area contributed by atoms with Gasteiger partial charge >= 0.3 is 8.60 Å². The first-order valence-electron chi connectivity index (χ1n) is 11.3. The lowest BCUT2D eigenvalue weighted by atomic mass is 10.0. The lowest BCUT2D eigenvalue weighted by molar-refractivity contribution is 0.00859. The molecule has 162 valence electrons. The van der Waals surface area contributed by atoms with Gasteiger partial charge in [-0.3, -0.25) is 0 Å². The highest BCUT2D eigenvalue weighted by Gasteiger charge is 2.20. The summed E-state index contributed by atoms with van der Waals surface area (Å²) in [5, 5.41) is 9.77. The van der Waals surface area contributed by atoms with Gasteiger partial charge in [0.15, 0.2) is 0 Å². The van der Waals surface area contributed by atoms with Gasteiger partial charge in [0.1, 0.15) is 6.10 Å². The first-order valence-corrected chi connectivity index (χ1v) is 12.4. The van der Waals surface area contributed by atoms with Gasteiger partial charge in [-0.15, -0.1) is 0 Å². The van der Waals surface area contributed by atoms with E-state index >= 15 is 0 Å². The molecule has 5 nitrogen and oxygen atoms in total. The molecule has 0 aliphatic carbocycles. The third-order valence-electron chi connectivity index (χ3n) is 4.80. The van der Waals surface area contributed by atoms with E-state index in [-0.39, 0.29) is 6.61 Å². The van der Waals surface area contributed by atoms with E-state index in [1.165, 1.54) is 83.5 Å². The topological polar surface area (TPSA) is 57.2 Å². The second kappa shape index (κ2) is 19.5. The van der Waals surface area contributed by atoms with Crippen LogP contribution < -0.4 is 0 Å². The van der Waals surface area contributed by atoms with Gasteiger partial charge in [-0.1, -0.05) is 90.4 Å². The SMILES string of the molecule is CCCCCCCCCCCCCCCCOC[C@@H](O)COP1OCCO1. The van der Waals surface area contributed by atoms with Gasteiger partial charge in [-0.25, -0.2) is 0 Å². The van der Waals surface area contributed by atoms with Crippen molar-refractivity contribution in [3.8, 4) is 0 Å². The van der Waals surface area contributed by atoms with E-state index in [0.29, 0.717) is 19.8 Å². The number of ether oxygens (including phenoxy) is 1. The van der Waals surface area contributed by atoms with Crippen molar-refractivity contribution in [2.24, 2.45) is 0 Å². The minimum absolute atomic E-state index is 0.213. The summed E-state index contributed by atoms with van der Waals surface area (Å²) in [7, 11) is -1.23. The molecule has 0 unspecified atom stereocenters. The Morgan fingerprint density at radius 3 is 1.74 bits per heavy atom. The van der Waals surface area contributed by atoms with Crippen LogP contribution in [0, 0.1) is 0 Å². The van der Waals surface area contributed by atoms with Crippen LogP contribution in [-0.2, 0) is 18.3 Å². The first-order chi connectivity index (χ1) is 13.3. The van der Waals surface area contributed by atoms with E-state index in [0.717, 1.165) is 13.0 Å². The smallest absolute Gasteiger partial charge is 0.332 e. The summed E-state index contributed by atoms with van der Waals surface area (Å²) >= 11 is 0. The first kappa shape index (κ1) is 25.3. The van der Waals surface area contributed by atoms with Crippen LogP contribution in [0.1, 0.15) is 96.8 Å². The van der Waals surface area contributed by atoms with Crippen LogP contribution in [0.15, 0.2) is 0 Å². The van der Waals surface area contributed by atoms with Crippen molar-refractivity contribution in [2.75, 3.05) is 33.0 Å². The Bertz CT molecular complexity index is 300. The second-order valence-electron chi connectivity index (χ2n) is 7.51. The molecule has 0 spiro atoms. The van der Waals surface area contributed by atoms with Crippen molar-refractivity contribution in [3.05, 3.63) is 0 Å². The molecule has 1 aliphatic heterocycles. The molecule has 0 saturated carbocycles. The van der Waals surface area contributed by atoms with Crippen LogP contribution in [0.3, 0.4) is 0 Å². The van der Waals surface area contributed by atoms with Gasteiger partial charge in [-0.2, -0.15) is 0 Å². The summed E-state index contributed by atoms with van der Waals surface area (Å²) in [6.07, 6.45) is 18.4. The third-order valence-corrected chi connectivity index (χ3v) is 5.95. The molecule has 6 heteroatoms. The molecular formula is C21H43O5P. The molecule has 1 fully saturated rings. The molecule has 27 heavy (non-hydrogen) atoms. The van der Waals surface area contributed by atoms with Crippen LogP contribution in [0.2, 0.25) is 0 Å². The summed E-state index contributed by atoms with van der Waals surface area (Å²) in [5.74, 6) is 0. The summed E-state index contributed by atoms with van der Waals surface area (Å²) in [6, 6.07) is 0. The Labute approximate surface area is 168 Å². The Kier molecular flexibility index (Phi) is 18.3. The van der Waals surface area contributed by atoms with Crippen molar-refractivity contribution < 1.29 is 23.4 Å². The zero-order valence-corrected chi connectivity index (χ0v) is 18.4. The molecule has 1 aliphatic rings. The molecule has 1 heterocycles. The molecule has 1 N–H and O–H groups in total. The highest BCUT2D eigenvalue weighted by Crippen LogP contribution is 2.43. The van der Waals surface area contributed by atoms with Gasteiger partial charge in [0.2, 0.25) is 0 Å². The number of aliphatic hydroxyl groups excluding tert-OH is 1. The summed E-state index contributed by atoms with van der Waals surface area (Å²) in [5.41, 5.74) is 0. The molecule has 0 aromatic heterocycles. The maximum absolute atomic E-state index is 9.77. The minimum Gasteiger partial charge on any atom is -0.388 e. The number of rotatable bonds is 20. The molecule has 0 aromatic rings. The van der Waals surface area contributed by atoms with E-state index < -0.39 is 14.7 Å². The lowest BCUT2D eigenvalue weighted by Crippen LogP contribution is -2.21. The van der Waals surface area contributed by atoms with Crippen molar-refractivity contribution in [1.82, 2.24) is 0 Å². The molecule has 0 radical (unpaired) electrons. The average Bonchev–Trinajstić information content (AvgIpc) is 3.19. The summed E-state index contributed by atoms with van der Waals surface area (Å²) < 4.78 is 21.3. The second-order valence-corrected chi connectivity index (χ2v) is 8.73. The summed E-state index contributed by atoms with van der Waals surface area (Å²) in [4.78, 5) is 0. The Balaban J connectivity index is 1.69. The van der Waals surface area contributed by atoms with Crippen molar-refractivity contribution in [1.29, 1.82) is 0 Å². The number of unbranched alkanes of at least 4 members (excludes halogenated alkanes) is 13. The zero-order valence-electron chi connectivity index (χ0n) is 17.5. The van der Waals surface area contributed by atoms with E-state index in [1.807, 2.05) is 0 Å². The minimum atomic E-state index is -1.23. The van der Waals surface area contributed by atoms with Gasteiger partial charge in [0.05, 0.1) is 26.4 Å². The van der Waals surface area contributed by atoms with E-state index in [9.17, 15) is 5.11 Å². The van der Waals surface area contributed by atoms with Gasteiger partial charge in [0, 0.05) is 6.61 Å². The van der Waals surface area contributed by atoms with E-state index in [1.54, 1.807) is 0 Å². The average molecular weight is 407 g/mol. The highest BCUT2D eigenvalue weighted by atomic mass is 31.2. The van der Waals surface area contributed by atoms with Gasteiger partial charge in [0.25, 0.3) is 0 Å². The van der Waals surface area contributed by atoms with Crippen molar-refractivity contribution in [3.63, 3.8) is 0 Å². The highest BCUT2D eigenvalue weighted by molar-refractivity contribution is 7.41. The molecule has 1 saturated heterocycles. The fourth-order valence-electron chi connectivity index (χ4n) is 3.15. The normalized spacial score (nSPS) is 16.2. The predicted molar refractivity (Wildman–Crippen MR) is 112 cm³/mol. The van der Waals surface area contributed by atoms with Crippen LogP contribution in [0.25, 0.3) is 0 Å². The summed E-state index contributed by atoms with van der Waals surface area (Å²) in [6.45, 7) is 4.69. The van der Waals surface area contributed by atoms with E-state index in [2.05, 4.69) is 6.92 Å². The Hall–Kier alpha value is 0.230. The molecule has 0 bridgehead atoms. The molecule has 1 rings (SSSR count). The van der Waals surface area contributed by atoms with Gasteiger partial charge < -0.3 is 23.4 Å². The number of hydrogen-bond donors (Lipinski definition) is 1. The third kappa shape index (κ3) is 16.9. The monoisotopic (exact) mass is 406 g/mol. The maximum Gasteiger partial charge on any atom is 0.332 e. The standard InChI is InChI=1S/C21H43O5P/c1-2-3-4-5-6-7-8-9-10-11-12-13-14-15-16-23-19-21(22)20-26-27-24-17-18-25-27/h21-22H,2-20H2,1H3/t21-/m1/s1. The van der Waals surface area contributed by atoms with Crippen LogP contribution in [0.4, 0.5) is 0 Å². The van der Waals surface area contributed by atoms with E-state index in [4.69, 9.17) is 18.3 Å². The fraction of sp³-hybridized carbons (Fsp3) is 1.00. The molecule has 0 amide bonds. The van der Waals surface area contributed by atoms with Crippen molar-refractivity contribution in [2.45, 2.75) is 103 Å². The van der Waals surface area contributed by atoms with Crippen LogP contribution in [0.5, 0.6) is 0 Å². The largest absolute Gasteiger partial charge is 0.388 e. The van der Waals surface area contributed by atoms with Crippen LogP contribution >= 0.6 is 8.60 Å². The van der Waals surface area contributed by atoms with Gasteiger partial charge in [-0.05, 0) is 6.42 Å². The Morgan fingerprint density at radius 2 is 1.22 bits per heavy atom. The zero-order chi connectivity index (χ0) is 19.4. The number of aliphatic hydroxyl groups is 1. The molecule has 1 atom stereocenters. The van der Waals surface area contributed by atoms with Crippen molar-refractivity contribution >= 4 is 8.60 Å². The Morgan fingerprint density at radius 1 is 0.741 bits per heavy atom. The molecule has 0 aromatic carbocycles. The number of hydrogen-bond acceptors (Lipinski definition) is 5. The van der Waals surface area contributed by atoms with Crippen LogP contribution in [-0.4, -0.2) is 44.2 Å². The molecular weight excluding hydrogens is 363 g/mol.